The molecule has 9 heteroatoms. The van der Waals surface area contributed by atoms with Gasteiger partial charge in [-0.25, -0.2) is 4.98 Å². The largest absolute Gasteiger partial charge is 0.491 e. The van der Waals surface area contributed by atoms with Crippen molar-refractivity contribution >= 4 is 17.8 Å². The maximum atomic E-state index is 12.7. The lowest BCUT2D eigenvalue weighted by Crippen LogP contribution is -2.47. The molecule has 1 unspecified atom stereocenters. The summed E-state index contributed by atoms with van der Waals surface area (Å²) in [4.78, 5) is 34.5. The molecule has 0 saturated carbocycles. The van der Waals surface area contributed by atoms with E-state index in [1.165, 1.54) is 26.5 Å². The van der Waals surface area contributed by atoms with Crippen LogP contribution in [0.3, 0.4) is 0 Å². The Morgan fingerprint density at radius 3 is 2.97 bits per heavy atom. The zero-order valence-corrected chi connectivity index (χ0v) is 18.1. The lowest BCUT2D eigenvalue weighted by atomic mass is 10.1. The monoisotopic (exact) mass is 439 g/mol. The molecule has 0 spiro atoms. The van der Waals surface area contributed by atoms with Crippen LogP contribution in [0.5, 0.6) is 17.6 Å². The number of carbonyl (C=O) groups is 2. The van der Waals surface area contributed by atoms with Crippen molar-refractivity contribution in [2.24, 2.45) is 0 Å². The number of aromatic nitrogens is 2. The first kappa shape index (κ1) is 21.8. The van der Waals surface area contributed by atoms with Gasteiger partial charge in [0.15, 0.2) is 5.78 Å². The first-order valence-electron chi connectivity index (χ1n) is 10.4. The number of ether oxygens (including phenoxy) is 4. The summed E-state index contributed by atoms with van der Waals surface area (Å²) in [5.74, 6) is 1.04. The molecule has 1 aliphatic carbocycles. The molecule has 0 N–H and O–H groups in total. The van der Waals surface area contributed by atoms with Gasteiger partial charge in [-0.3, -0.25) is 9.59 Å². The maximum Gasteiger partial charge on any atom is 0.319 e. The Labute approximate surface area is 186 Å². The minimum absolute atomic E-state index is 0.151. The Bertz CT molecular complexity index is 1040. The van der Waals surface area contributed by atoms with Crippen molar-refractivity contribution in [2.45, 2.75) is 18.9 Å². The topological polar surface area (TPSA) is 100 Å². The Morgan fingerprint density at radius 1 is 1.28 bits per heavy atom. The van der Waals surface area contributed by atoms with Crippen LogP contribution in [0.1, 0.15) is 27.9 Å². The predicted molar refractivity (Wildman–Crippen MR) is 115 cm³/mol. The molecule has 1 aliphatic heterocycles. The molecular weight excluding hydrogens is 414 g/mol. The third-order valence-corrected chi connectivity index (χ3v) is 5.45. The second-order valence-corrected chi connectivity index (χ2v) is 7.45. The summed E-state index contributed by atoms with van der Waals surface area (Å²) < 4.78 is 22.0. The highest BCUT2D eigenvalue weighted by atomic mass is 16.5. The highest BCUT2D eigenvalue weighted by molar-refractivity contribution is 6.01. The molecule has 2 aromatic rings. The third kappa shape index (κ3) is 4.72. The molecule has 1 amide bonds. The van der Waals surface area contributed by atoms with Gasteiger partial charge < -0.3 is 23.8 Å². The number of carbonyl (C=O) groups excluding carboxylic acids is 2. The number of Topliss-reactive ketones (excluding diaryl/α,β-unsaturated/α-hetero) is 1. The highest BCUT2D eigenvalue weighted by Gasteiger charge is 2.26. The van der Waals surface area contributed by atoms with Crippen molar-refractivity contribution in [1.82, 2.24) is 14.9 Å². The van der Waals surface area contributed by atoms with E-state index >= 15 is 0 Å². The van der Waals surface area contributed by atoms with Gasteiger partial charge in [-0.15, -0.1) is 0 Å². The van der Waals surface area contributed by atoms with E-state index in [2.05, 4.69) is 9.97 Å². The van der Waals surface area contributed by atoms with Gasteiger partial charge >= 0.3 is 6.01 Å². The van der Waals surface area contributed by atoms with Crippen LogP contribution in [0.2, 0.25) is 0 Å². The molecule has 2 aliphatic rings. The molecule has 9 nitrogen and oxygen atoms in total. The number of nitrogens with zero attached hydrogens (tertiary/aromatic N) is 3. The first-order chi connectivity index (χ1) is 15.6. The zero-order chi connectivity index (χ0) is 22.5. The maximum absolute atomic E-state index is 12.7. The summed E-state index contributed by atoms with van der Waals surface area (Å²) >= 11 is 0. The van der Waals surface area contributed by atoms with E-state index in [4.69, 9.17) is 18.9 Å². The minimum Gasteiger partial charge on any atom is -0.491 e. The van der Waals surface area contributed by atoms with Crippen LogP contribution in [0.25, 0.3) is 6.08 Å². The lowest BCUT2D eigenvalue weighted by molar-refractivity contribution is -0.134. The zero-order valence-electron chi connectivity index (χ0n) is 18.1. The van der Waals surface area contributed by atoms with Gasteiger partial charge in [0.05, 0.1) is 32.9 Å². The molecule has 4 rings (SSSR count). The smallest absolute Gasteiger partial charge is 0.319 e. The van der Waals surface area contributed by atoms with E-state index in [-0.39, 0.29) is 23.8 Å². The molecule has 1 saturated heterocycles. The lowest BCUT2D eigenvalue weighted by Gasteiger charge is -2.32. The molecule has 2 heterocycles. The number of ketones is 1. The fraction of sp³-hybridized carbons (Fsp3) is 0.391. The second-order valence-electron chi connectivity index (χ2n) is 7.45. The number of morpholine rings is 1. The van der Waals surface area contributed by atoms with Crippen LogP contribution >= 0.6 is 0 Å². The fourth-order valence-electron chi connectivity index (χ4n) is 3.80. The molecule has 0 radical (unpaired) electrons. The predicted octanol–water partition coefficient (Wildman–Crippen LogP) is 1.94. The number of benzene rings is 1. The molecular formula is C23H25N3O6. The number of hydrogen-bond donors (Lipinski definition) is 0. The summed E-state index contributed by atoms with van der Waals surface area (Å²) in [7, 11) is 2.96. The molecule has 1 fully saturated rings. The van der Waals surface area contributed by atoms with Crippen molar-refractivity contribution in [2.75, 3.05) is 40.5 Å². The van der Waals surface area contributed by atoms with E-state index < -0.39 is 0 Å². The van der Waals surface area contributed by atoms with E-state index in [1.807, 2.05) is 18.2 Å². The molecule has 0 bridgehead atoms. The Balaban J connectivity index is 1.35. The summed E-state index contributed by atoms with van der Waals surface area (Å²) in [6.45, 7) is 1.63. The number of methoxy groups -OCH3 is 2. The van der Waals surface area contributed by atoms with E-state index in [9.17, 15) is 9.59 Å². The van der Waals surface area contributed by atoms with E-state index in [1.54, 1.807) is 11.0 Å². The highest BCUT2D eigenvalue weighted by Crippen LogP contribution is 2.30. The van der Waals surface area contributed by atoms with Gasteiger partial charge in [-0.05, 0) is 18.6 Å². The van der Waals surface area contributed by atoms with Crippen LogP contribution in [-0.2, 0) is 16.0 Å². The average Bonchev–Trinajstić information content (AvgIpc) is 3.22. The molecule has 1 aromatic heterocycles. The summed E-state index contributed by atoms with van der Waals surface area (Å²) in [5, 5.41) is 0. The molecule has 1 atom stereocenters. The molecule has 168 valence electrons. The van der Waals surface area contributed by atoms with Crippen LogP contribution in [0, 0.1) is 0 Å². The summed E-state index contributed by atoms with van der Waals surface area (Å²) in [6.07, 6.45) is 5.58. The van der Waals surface area contributed by atoms with Gasteiger partial charge in [-0.1, -0.05) is 12.1 Å². The van der Waals surface area contributed by atoms with E-state index in [0.29, 0.717) is 56.3 Å². The third-order valence-electron chi connectivity index (χ3n) is 5.45. The summed E-state index contributed by atoms with van der Waals surface area (Å²) in [6, 6.07) is 5.73. The Kier molecular flexibility index (Phi) is 6.65. The van der Waals surface area contributed by atoms with Crippen molar-refractivity contribution < 1.29 is 28.5 Å². The van der Waals surface area contributed by atoms with Gasteiger partial charge in [0.25, 0.3) is 0 Å². The van der Waals surface area contributed by atoms with Crippen molar-refractivity contribution in [3.63, 3.8) is 0 Å². The number of amides is 1. The molecule has 1 aromatic carbocycles. The van der Waals surface area contributed by atoms with Crippen molar-refractivity contribution in [3.8, 4) is 17.6 Å². The Hall–Kier alpha value is -3.46. The standard InChI is InChI=1S/C23H25N3O6/c1-29-22-15(12-24-23(25-22)30-2)6-9-21(28)26-10-11-31-16(13-26)14-32-20-5-3-4-17-18(20)7-8-19(17)27/h3-6,9,12,16H,7-8,10-11,13-14H2,1-2H3/b9-6+. The number of hydrogen-bond acceptors (Lipinski definition) is 8. The fourth-order valence-corrected chi connectivity index (χ4v) is 3.80. The van der Waals surface area contributed by atoms with Crippen LogP contribution in [-0.4, -0.2) is 73.2 Å². The van der Waals surface area contributed by atoms with Gasteiger partial charge in [0.2, 0.25) is 11.8 Å². The first-order valence-corrected chi connectivity index (χ1v) is 10.4. The summed E-state index contributed by atoms with van der Waals surface area (Å²) in [5.41, 5.74) is 2.27. The Morgan fingerprint density at radius 2 is 2.16 bits per heavy atom. The second kappa shape index (κ2) is 9.78. The van der Waals surface area contributed by atoms with Crippen molar-refractivity contribution in [1.29, 1.82) is 0 Å². The van der Waals surface area contributed by atoms with Gasteiger partial charge in [0, 0.05) is 36.4 Å². The van der Waals surface area contributed by atoms with Crippen LogP contribution < -0.4 is 14.2 Å². The quantitative estimate of drug-likeness (QED) is 0.604. The van der Waals surface area contributed by atoms with Gasteiger partial charge in [-0.2, -0.15) is 4.98 Å². The van der Waals surface area contributed by atoms with Crippen LogP contribution in [0.4, 0.5) is 0 Å². The average molecular weight is 439 g/mol. The van der Waals surface area contributed by atoms with Crippen molar-refractivity contribution in [3.05, 3.63) is 47.2 Å². The van der Waals surface area contributed by atoms with Crippen LogP contribution in [0.15, 0.2) is 30.5 Å². The SMILES string of the molecule is COc1ncc(/C=C/C(=O)N2CCOC(COc3cccc4c3CCC4=O)C2)c(OC)n1. The minimum atomic E-state index is -0.257. The number of rotatable bonds is 7. The number of fused-ring (bicyclic) bond motifs is 1. The molecule has 32 heavy (non-hydrogen) atoms. The van der Waals surface area contributed by atoms with E-state index in [0.717, 1.165) is 11.1 Å². The van der Waals surface area contributed by atoms with Gasteiger partial charge in [0.1, 0.15) is 18.5 Å². The normalized spacial score (nSPS) is 18.0.